The Kier molecular flexibility index (Phi) is 4.59. The number of hydrogen-bond donors (Lipinski definition) is 3. The van der Waals surface area contributed by atoms with Gasteiger partial charge in [0, 0.05) is 28.7 Å². The maximum absolute atomic E-state index is 14.7. The predicted octanol–water partition coefficient (Wildman–Crippen LogP) is 2.77. The molecule has 2 heterocycles. The van der Waals surface area contributed by atoms with Gasteiger partial charge < -0.3 is 11.3 Å². The van der Waals surface area contributed by atoms with Gasteiger partial charge in [-0.1, -0.05) is 30.3 Å². The fourth-order valence-corrected chi connectivity index (χ4v) is 3.48. The smallest absolute Gasteiger partial charge is 0.321 e. The highest BCUT2D eigenvalue weighted by atomic mass is 19.3. The fourth-order valence-electron chi connectivity index (χ4n) is 3.48. The SMILES string of the molecule is Cc1nn(Cc2cccc3ccncc23)c2cc(C(F)(F)/C(=N/N)NN)ccc12. The van der Waals surface area contributed by atoms with Crippen LogP contribution in [0.3, 0.4) is 0 Å². The van der Waals surface area contributed by atoms with Crippen LogP contribution in [0.4, 0.5) is 8.78 Å². The first-order chi connectivity index (χ1) is 14.0. The molecule has 0 aliphatic heterocycles. The quantitative estimate of drug-likeness (QED) is 0.213. The maximum atomic E-state index is 14.7. The zero-order valence-corrected chi connectivity index (χ0v) is 15.6. The topological polar surface area (TPSA) is 107 Å². The van der Waals surface area contributed by atoms with Crippen LogP contribution in [-0.4, -0.2) is 20.6 Å². The van der Waals surface area contributed by atoms with Crippen LogP contribution >= 0.6 is 0 Å². The number of amidine groups is 1. The first kappa shape index (κ1) is 18.8. The number of nitrogens with two attached hydrogens (primary N) is 2. The van der Waals surface area contributed by atoms with Gasteiger partial charge in [-0.25, -0.2) is 5.84 Å². The van der Waals surface area contributed by atoms with E-state index < -0.39 is 11.8 Å². The molecule has 4 aromatic rings. The Morgan fingerprint density at radius 3 is 2.79 bits per heavy atom. The second-order valence-corrected chi connectivity index (χ2v) is 6.69. The molecular weight excluding hydrogens is 376 g/mol. The highest BCUT2D eigenvalue weighted by molar-refractivity contribution is 5.91. The minimum atomic E-state index is -3.47. The zero-order chi connectivity index (χ0) is 20.6. The molecule has 0 aliphatic carbocycles. The van der Waals surface area contributed by atoms with E-state index in [1.165, 1.54) is 12.1 Å². The fraction of sp³-hybridized carbons (Fsp3) is 0.150. The molecule has 2 aromatic heterocycles. The normalized spacial score (nSPS) is 12.6. The van der Waals surface area contributed by atoms with Gasteiger partial charge in [0.15, 0.2) is 0 Å². The molecule has 4 rings (SSSR count). The van der Waals surface area contributed by atoms with E-state index in [1.54, 1.807) is 23.1 Å². The lowest BCUT2D eigenvalue weighted by atomic mass is 10.0. The minimum absolute atomic E-state index is 0.284. The molecule has 7 nitrogen and oxygen atoms in total. The Morgan fingerprint density at radius 2 is 2.03 bits per heavy atom. The molecular formula is C20H19F2N7. The molecule has 0 aliphatic rings. The van der Waals surface area contributed by atoms with Crippen LogP contribution in [0.2, 0.25) is 0 Å². The van der Waals surface area contributed by atoms with E-state index in [0.29, 0.717) is 12.1 Å². The summed E-state index contributed by atoms with van der Waals surface area (Å²) in [5.74, 6) is 5.91. The lowest BCUT2D eigenvalue weighted by Crippen LogP contribution is -2.43. The van der Waals surface area contributed by atoms with Crippen LogP contribution in [-0.2, 0) is 12.5 Å². The number of hydrazone groups is 1. The minimum Gasteiger partial charge on any atom is -0.321 e. The Bertz CT molecular complexity index is 1220. The van der Waals surface area contributed by atoms with Crippen LogP contribution in [0, 0.1) is 6.92 Å². The largest absolute Gasteiger partial charge is 0.332 e. The molecule has 148 valence electrons. The van der Waals surface area contributed by atoms with Gasteiger partial charge in [0.1, 0.15) is 0 Å². The van der Waals surface area contributed by atoms with E-state index in [0.717, 1.165) is 27.4 Å². The standard InChI is InChI=1S/C20H19F2N7/c1-12-16-6-5-15(20(21,22)19(26-23)27-24)9-18(16)29(28-12)11-14-4-2-3-13-7-8-25-10-17(13)14/h2-10H,11,23-24H2,1H3,(H,26,27). The average Bonchev–Trinajstić information content (AvgIpc) is 3.04. The Hall–Kier alpha value is -3.59. The molecule has 0 amide bonds. The highest BCUT2D eigenvalue weighted by Crippen LogP contribution is 2.32. The predicted molar refractivity (Wildman–Crippen MR) is 108 cm³/mol. The molecule has 0 bridgehead atoms. The summed E-state index contributed by atoms with van der Waals surface area (Å²) in [6, 6.07) is 12.2. The summed E-state index contributed by atoms with van der Waals surface area (Å²) in [4.78, 5) is 4.19. The van der Waals surface area contributed by atoms with Crippen molar-refractivity contribution >= 4 is 27.5 Å². The van der Waals surface area contributed by atoms with Gasteiger partial charge in [-0.05, 0) is 30.0 Å². The molecule has 0 saturated heterocycles. The molecule has 29 heavy (non-hydrogen) atoms. The van der Waals surface area contributed by atoms with E-state index in [9.17, 15) is 8.78 Å². The van der Waals surface area contributed by atoms with Gasteiger partial charge in [0.25, 0.3) is 0 Å². The number of benzene rings is 2. The van der Waals surface area contributed by atoms with Crippen molar-refractivity contribution in [3.63, 3.8) is 0 Å². The van der Waals surface area contributed by atoms with Crippen LogP contribution in [0.1, 0.15) is 16.8 Å². The third-order valence-corrected chi connectivity index (χ3v) is 4.96. The lowest BCUT2D eigenvalue weighted by Gasteiger charge is -2.18. The summed E-state index contributed by atoms with van der Waals surface area (Å²) < 4.78 is 31.2. The van der Waals surface area contributed by atoms with Crippen molar-refractivity contribution in [2.75, 3.05) is 0 Å². The number of hydrogen-bond acceptors (Lipinski definition) is 5. The lowest BCUT2D eigenvalue weighted by molar-refractivity contribution is 0.0714. The molecule has 5 N–H and O–H groups in total. The summed E-state index contributed by atoms with van der Waals surface area (Å²) in [5.41, 5.74) is 3.90. The second kappa shape index (κ2) is 7.10. The van der Waals surface area contributed by atoms with E-state index in [4.69, 9.17) is 11.7 Å². The number of nitrogens with one attached hydrogen (secondary N) is 1. The Morgan fingerprint density at radius 1 is 1.21 bits per heavy atom. The first-order valence-corrected chi connectivity index (χ1v) is 8.87. The summed E-state index contributed by atoms with van der Waals surface area (Å²) >= 11 is 0. The molecule has 0 atom stereocenters. The van der Waals surface area contributed by atoms with Gasteiger partial charge in [-0.15, -0.1) is 0 Å². The zero-order valence-electron chi connectivity index (χ0n) is 15.6. The number of aromatic nitrogens is 3. The van der Waals surface area contributed by atoms with E-state index >= 15 is 0 Å². The number of fused-ring (bicyclic) bond motifs is 2. The van der Waals surface area contributed by atoms with Gasteiger partial charge in [0.05, 0.1) is 17.8 Å². The first-order valence-electron chi connectivity index (χ1n) is 8.87. The van der Waals surface area contributed by atoms with Crippen molar-refractivity contribution in [2.45, 2.75) is 19.4 Å². The van der Waals surface area contributed by atoms with Crippen molar-refractivity contribution in [3.8, 4) is 0 Å². The van der Waals surface area contributed by atoms with Crippen LogP contribution in [0.25, 0.3) is 21.7 Å². The second-order valence-electron chi connectivity index (χ2n) is 6.69. The summed E-state index contributed by atoms with van der Waals surface area (Å²) in [6.07, 6.45) is 3.52. The van der Waals surface area contributed by atoms with Gasteiger partial charge in [-0.3, -0.25) is 9.67 Å². The molecule has 0 spiro atoms. The summed E-state index contributed by atoms with van der Waals surface area (Å²) in [6.45, 7) is 2.25. The molecule has 0 radical (unpaired) electrons. The molecule has 0 unspecified atom stereocenters. The van der Waals surface area contributed by atoms with E-state index in [1.807, 2.05) is 36.6 Å². The van der Waals surface area contributed by atoms with Crippen molar-refractivity contribution in [3.05, 3.63) is 71.7 Å². The molecule has 0 fully saturated rings. The summed E-state index contributed by atoms with van der Waals surface area (Å²) in [5, 5.41) is 10.4. The maximum Gasteiger partial charge on any atom is 0.332 e. The van der Waals surface area contributed by atoms with Crippen molar-refractivity contribution in [1.29, 1.82) is 0 Å². The Balaban J connectivity index is 1.83. The highest BCUT2D eigenvalue weighted by Gasteiger charge is 2.39. The number of nitrogens with zero attached hydrogens (tertiary/aromatic N) is 4. The number of hydrazine groups is 1. The third kappa shape index (κ3) is 3.15. The molecule has 0 saturated carbocycles. The number of rotatable bonds is 4. The van der Waals surface area contributed by atoms with Crippen LogP contribution < -0.4 is 17.1 Å². The molecule has 9 heteroatoms. The van der Waals surface area contributed by atoms with Crippen LogP contribution in [0.15, 0.2) is 60.0 Å². The monoisotopic (exact) mass is 395 g/mol. The van der Waals surface area contributed by atoms with Crippen molar-refractivity contribution in [2.24, 2.45) is 16.8 Å². The number of pyridine rings is 1. The number of alkyl halides is 2. The third-order valence-electron chi connectivity index (χ3n) is 4.96. The van der Waals surface area contributed by atoms with Crippen molar-refractivity contribution in [1.82, 2.24) is 20.2 Å². The van der Waals surface area contributed by atoms with Crippen LogP contribution in [0.5, 0.6) is 0 Å². The Labute approximate surface area is 165 Å². The van der Waals surface area contributed by atoms with Gasteiger partial charge >= 0.3 is 5.92 Å². The van der Waals surface area contributed by atoms with Crippen molar-refractivity contribution < 1.29 is 8.78 Å². The average molecular weight is 395 g/mol. The molecule has 2 aromatic carbocycles. The van der Waals surface area contributed by atoms with Gasteiger partial charge in [-0.2, -0.15) is 19.0 Å². The number of halogens is 2. The summed E-state index contributed by atoms with van der Waals surface area (Å²) in [7, 11) is 0. The number of aryl methyl sites for hydroxylation is 1. The van der Waals surface area contributed by atoms with E-state index in [-0.39, 0.29) is 5.56 Å². The van der Waals surface area contributed by atoms with E-state index in [2.05, 4.69) is 15.2 Å². The van der Waals surface area contributed by atoms with Gasteiger partial charge in [0.2, 0.25) is 5.84 Å².